The van der Waals surface area contributed by atoms with Gasteiger partial charge in [0.2, 0.25) is 0 Å². The van der Waals surface area contributed by atoms with Gasteiger partial charge in [0.15, 0.2) is 16.3 Å². The molecule has 5 rings (SSSR count). The molecule has 0 saturated heterocycles. The minimum Gasteiger partial charge on any atom is -0.497 e. The van der Waals surface area contributed by atoms with Crippen LogP contribution < -0.4 is 33.8 Å². The molecule has 9 nitrogen and oxygen atoms in total. The van der Waals surface area contributed by atoms with Crippen molar-refractivity contribution < 1.29 is 28.5 Å². The molecule has 0 spiro atoms. The summed E-state index contributed by atoms with van der Waals surface area (Å²) in [5.41, 5.74) is 2.18. The van der Waals surface area contributed by atoms with Gasteiger partial charge in [-0.05, 0) is 55.3 Å². The predicted molar refractivity (Wildman–Crippen MR) is 164 cm³/mol. The van der Waals surface area contributed by atoms with E-state index in [1.807, 2.05) is 54.6 Å². The van der Waals surface area contributed by atoms with Gasteiger partial charge in [0, 0.05) is 6.07 Å². The molecule has 1 aromatic heterocycles. The van der Waals surface area contributed by atoms with Gasteiger partial charge in [0.1, 0.15) is 24.7 Å². The molecule has 0 saturated carbocycles. The molecule has 0 radical (unpaired) electrons. The third kappa shape index (κ3) is 6.49. The van der Waals surface area contributed by atoms with E-state index in [1.54, 1.807) is 56.9 Å². The first-order chi connectivity index (χ1) is 20.9. The maximum absolute atomic E-state index is 13.8. The molecular formula is C33H32N2O7S. The van der Waals surface area contributed by atoms with E-state index in [0.717, 1.165) is 11.1 Å². The van der Waals surface area contributed by atoms with Gasteiger partial charge < -0.3 is 23.7 Å². The molecule has 0 amide bonds. The fourth-order valence-electron chi connectivity index (χ4n) is 4.79. The van der Waals surface area contributed by atoms with Crippen molar-refractivity contribution in [1.29, 1.82) is 0 Å². The minimum atomic E-state index is -0.650. The second-order valence-electron chi connectivity index (χ2n) is 9.50. The van der Waals surface area contributed by atoms with Gasteiger partial charge in [0.25, 0.3) is 5.56 Å². The molecule has 222 valence electrons. The number of carbonyl (C=O) groups is 1. The molecule has 1 atom stereocenters. The monoisotopic (exact) mass is 600 g/mol. The third-order valence-corrected chi connectivity index (χ3v) is 7.75. The van der Waals surface area contributed by atoms with E-state index in [1.165, 1.54) is 11.3 Å². The zero-order valence-electron chi connectivity index (χ0n) is 24.4. The van der Waals surface area contributed by atoms with E-state index < -0.39 is 12.0 Å². The topological polar surface area (TPSA) is 97.6 Å². The number of allylic oxidation sites excluding steroid dienone is 1. The molecule has 2 heterocycles. The summed E-state index contributed by atoms with van der Waals surface area (Å²) >= 11 is 1.27. The van der Waals surface area contributed by atoms with Crippen molar-refractivity contribution in [2.75, 3.05) is 34.0 Å². The van der Waals surface area contributed by atoms with Crippen LogP contribution in [0.1, 0.15) is 31.0 Å². The number of methoxy groups -OCH3 is 2. The van der Waals surface area contributed by atoms with Crippen LogP contribution in [0.4, 0.5) is 0 Å². The van der Waals surface area contributed by atoms with Crippen LogP contribution in [0.15, 0.2) is 93.9 Å². The molecule has 0 fully saturated rings. The minimum absolute atomic E-state index is 0.221. The number of thiazole rings is 1. The lowest BCUT2D eigenvalue weighted by molar-refractivity contribution is -0.139. The molecular weight excluding hydrogens is 568 g/mol. The summed E-state index contributed by atoms with van der Waals surface area (Å²) in [5.74, 6) is 1.99. The molecule has 1 aliphatic rings. The highest BCUT2D eigenvalue weighted by Gasteiger charge is 2.33. The number of carbonyl (C=O) groups excluding carboxylic acids is 1. The lowest BCUT2D eigenvalue weighted by Crippen LogP contribution is -2.39. The molecule has 10 heteroatoms. The number of fused-ring (bicyclic) bond motifs is 1. The summed E-state index contributed by atoms with van der Waals surface area (Å²) in [6.07, 6.45) is 1.79. The van der Waals surface area contributed by atoms with Gasteiger partial charge in [-0.3, -0.25) is 9.36 Å². The van der Waals surface area contributed by atoms with Crippen LogP contribution in [0.25, 0.3) is 6.08 Å². The molecule has 43 heavy (non-hydrogen) atoms. The number of benzene rings is 3. The van der Waals surface area contributed by atoms with E-state index in [4.69, 9.17) is 23.7 Å². The highest BCUT2D eigenvalue weighted by Crippen LogP contribution is 2.31. The van der Waals surface area contributed by atoms with Crippen LogP contribution in [0.2, 0.25) is 0 Å². The van der Waals surface area contributed by atoms with Gasteiger partial charge in [-0.1, -0.05) is 53.8 Å². The highest BCUT2D eigenvalue weighted by atomic mass is 32.1. The van der Waals surface area contributed by atoms with Crippen molar-refractivity contribution >= 4 is 23.4 Å². The van der Waals surface area contributed by atoms with Crippen molar-refractivity contribution in [2.45, 2.75) is 19.9 Å². The zero-order chi connectivity index (χ0) is 30.3. The maximum Gasteiger partial charge on any atom is 0.338 e. The number of hydrogen-bond donors (Lipinski definition) is 0. The summed E-state index contributed by atoms with van der Waals surface area (Å²) in [7, 11) is 3.17. The van der Waals surface area contributed by atoms with Crippen molar-refractivity contribution in [3.8, 4) is 23.0 Å². The smallest absolute Gasteiger partial charge is 0.338 e. The van der Waals surface area contributed by atoms with Crippen molar-refractivity contribution in [3.63, 3.8) is 0 Å². The molecule has 1 aliphatic heterocycles. The van der Waals surface area contributed by atoms with Crippen LogP contribution in [0.3, 0.4) is 0 Å². The molecule has 0 bridgehead atoms. The summed E-state index contributed by atoms with van der Waals surface area (Å²) in [4.78, 5) is 32.0. The Morgan fingerprint density at radius 1 is 0.930 bits per heavy atom. The fourth-order valence-corrected chi connectivity index (χ4v) is 5.84. The number of hydrogen-bond acceptors (Lipinski definition) is 9. The SMILES string of the molecule is CCOC(=O)C1=C(C)N=c2sc(=Cc3ccc(OCCOc4cccc(OC)c4)c(OC)c3)c(=O)n2C1c1ccccc1. The first kappa shape index (κ1) is 29.7. The fraction of sp³-hybridized carbons (Fsp3) is 0.242. The summed E-state index contributed by atoms with van der Waals surface area (Å²) < 4.78 is 29.9. The van der Waals surface area contributed by atoms with Crippen LogP contribution in [-0.4, -0.2) is 44.6 Å². The first-order valence-corrected chi connectivity index (χ1v) is 14.6. The average Bonchev–Trinajstić information content (AvgIpc) is 3.33. The average molecular weight is 601 g/mol. The van der Waals surface area contributed by atoms with Crippen LogP contribution >= 0.6 is 11.3 Å². The summed E-state index contributed by atoms with van der Waals surface area (Å²) in [6, 6.07) is 21.6. The Balaban J connectivity index is 1.41. The van der Waals surface area contributed by atoms with Gasteiger partial charge in [-0.2, -0.15) is 0 Å². The number of rotatable bonds is 11. The number of ether oxygens (including phenoxy) is 5. The molecule has 3 aromatic carbocycles. The van der Waals surface area contributed by atoms with E-state index in [0.29, 0.717) is 56.8 Å². The largest absolute Gasteiger partial charge is 0.497 e. The number of esters is 1. The standard InChI is InChI=1S/C33H32N2O7S/c1-5-40-32(37)29-21(2)34-33-35(30(29)23-10-7-6-8-11-23)31(36)28(43-33)19-22-14-15-26(27(18-22)39-4)42-17-16-41-25-13-9-12-24(20-25)38-3/h6-15,18-20,30H,5,16-17H2,1-4H3. The molecule has 0 N–H and O–H groups in total. The quantitative estimate of drug-likeness (QED) is 0.187. The zero-order valence-corrected chi connectivity index (χ0v) is 25.2. The second kappa shape index (κ2) is 13.4. The van der Waals surface area contributed by atoms with Crippen molar-refractivity contribution in [2.24, 2.45) is 4.99 Å². The van der Waals surface area contributed by atoms with E-state index in [-0.39, 0.29) is 12.2 Å². The summed E-state index contributed by atoms with van der Waals surface area (Å²) in [5, 5.41) is 0. The maximum atomic E-state index is 13.8. The van der Waals surface area contributed by atoms with Crippen LogP contribution in [0.5, 0.6) is 23.0 Å². The lowest BCUT2D eigenvalue weighted by Gasteiger charge is -2.24. The lowest BCUT2D eigenvalue weighted by atomic mass is 9.96. The van der Waals surface area contributed by atoms with Gasteiger partial charge in [-0.25, -0.2) is 9.79 Å². The van der Waals surface area contributed by atoms with E-state index >= 15 is 0 Å². The van der Waals surface area contributed by atoms with Crippen molar-refractivity contribution in [3.05, 3.63) is 115 Å². The Morgan fingerprint density at radius 3 is 2.44 bits per heavy atom. The van der Waals surface area contributed by atoms with Crippen LogP contribution in [-0.2, 0) is 9.53 Å². The Bertz CT molecular complexity index is 1830. The van der Waals surface area contributed by atoms with Crippen LogP contribution in [0, 0.1) is 0 Å². The van der Waals surface area contributed by atoms with Gasteiger partial charge >= 0.3 is 5.97 Å². The predicted octanol–water partition coefficient (Wildman–Crippen LogP) is 4.27. The molecule has 4 aromatic rings. The van der Waals surface area contributed by atoms with Gasteiger partial charge in [-0.15, -0.1) is 0 Å². The Hall–Kier alpha value is -4.83. The number of aromatic nitrogens is 1. The first-order valence-electron chi connectivity index (χ1n) is 13.8. The van der Waals surface area contributed by atoms with E-state index in [2.05, 4.69) is 4.99 Å². The third-order valence-electron chi connectivity index (χ3n) is 6.77. The second-order valence-corrected chi connectivity index (χ2v) is 10.5. The van der Waals surface area contributed by atoms with Gasteiger partial charge in [0.05, 0.1) is 42.7 Å². The summed E-state index contributed by atoms with van der Waals surface area (Å²) in [6.45, 7) is 4.37. The molecule has 1 unspecified atom stereocenters. The Labute approximate surface area is 252 Å². The molecule has 0 aliphatic carbocycles. The Kier molecular flexibility index (Phi) is 9.26. The van der Waals surface area contributed by atoms with E-state index in [9.17, 15) is 9.59 Å². The number of nitrogens with zero attached hydrogens (tertiary/aromatic N) is 2. The van der Waals surface area contributed by atoms with Crippen molar-refractivity contribution in [1.82, 2.24) is 4.57 Å². The normalized spacial score (nSPS) is 14.5. The Morgan fingerprint density at radius 2 is 1.70 bits per heavy atom. The highest BCUT2D eigenvalue weighted by molar-refractivity contribution is 7.07.